The standard InChI is InChI=1S/C17H19FN2O2/c1-20(11-12-21)16(13-5-3-2-4-6-13)17(22)19-15-9-7-14(18)8-10-15/h2-10,16,21H,11-12H2,1H3,(H,19,22)/t16-/m1/s1. The average molecular weight is 302 g/mol. The molecule has 0 aliphatic heterocycles. The SMILES string of the molecule is CN(CCO)[C@@H](C(=O)Nc1ccc(F)cc1)c1ccccc1. The van der Waals surface area contributed by atoms with E-state index in [1.165, 1.54) is 24.3 Å². The Bertz CT molecular complexity index is 602. The number of anilines is 1. The quantitative estimate of drug-likeness (QED) is 0.861. The lowest BCUT2D eigenvalue weighted by molar-refractivity contribution is -0.121. The second-order valence-corrected chi connectivity index (χ2v) is 5.01. The fraction of sp³-hybridized carbons (Fsp3) is 0.235. The second-order valence-electron chi connectivity index (χ2n) is 5.01. The van der Waals surface area contributed by atoms with Crippen molar-refractivity contribution < 1.29 is 14.3 Å². The molecule has 2 rings (SSSR count). The molecule has 22 heavy (non-hydrogen) atoms. The van der Waals surface area contributed by atoms with Gasteiger partial charge in [0.25, 0.3) is 0 Å². The smallest absolute Gasteiger partial charge is 0.246 e. The van der Waals surface area contributed by atoms with Gasteiger partial charge in [0.1, 0.15) is 11.9 Å². The Labute approximate surface area is 129 Å². The van der Waals surface area contributed by atoms with Crippen LogP contribution in [-0.2, 0) is 4.79 Å². The molecule has 2 N–H and O–H groups in total. The molecule has 0 aromatic heterocycles. The van der Waals surface area contributed by atoms with E-state index < -0.39 is 6.04 Å². The average Bonchev–Trinajstić information content (AvgIpc) is 2.51. The highest BCUT2D eigenvalue weighted by Gasteiger charge is 2.24. The van der Waals surface area contributed by atoms with Gasteiger partial charge >= 0.3 is 0 Å². The van der Waals surface area contributed by atoms with E-state index in [4.69, 9.17) is 5.11 Å². The summed E-state index contributed by atoms with van der Waals surface area (Å²) in [5.41, 5.74) is 1.36. The highest BCUT2D eigenvalue weighted by molar-refractivity contribution is 5.95. The van der Waals surface area contributed by atoms with Crippen LogP contribution < -0.4 is 5.32 Å². The number of benzene rings is 2. The number of aliphatic hydroxyl groups is 1. The van der Waals surface area contributed by atoms with Crippen LogP contribution in [0.1, 0.15) is 11.6 Å². The second kappa shape index (κ2) is 7.68. The zero-order valence-electron chi connectivity index (χ0n) is 12.4. The van der Waals surface area contributed by atoms with Crippen molar-refractivity contribution in [2.45, 2.75) is 6.04 Å². The summed E-state index contributed by atoms with van der Waals surface area (Å²) in [4.78, 5) is 14.4. The Morgan fingerprint density at radius 1 is 1.18 bits per heavy atom. The lowest BCUT2D eigenvalue weighted by Gasteiger charge is -2.27. The first-order valence-electron chi connectivity index (χ1n) is 7.04. The van der Waals surface area contributed by atoms with Gasteiger partial charge in [-0.2, -0.15) is 0 Å². The van der Waals surface area contributed by atoms with Crippen molar-refractivity contribution in [1.82, 2.24) is 4.90 Å². The van der Waals surface area contributed by atoms with E-state index in [-0.39, 0.29) is 18.3 Å². The maximum Gasteiger partial charge on any atom is 0.246 e. The number of hydrogen-bond acceptors (Lipinski definition) is 3. The summed E-state index contributed by atoms with van der Waals surface area (Å²) in [6.45, 7) is 0.333. The minimum Gasteiger partial charge on any atom is -0.395 e. The lowest BCUT2D eigenvalue weighted by Crippen LogP contribution is -2.36. The molecule has 0 bridgehead atoms. The topological polar surface area (TPSA) is 52.6 Å². The Hall–Kier alpha value is -2.24. The number of rotatable bonds is 6. The van der Waals surface area contributed by atoms with Gasteiger partial charge in [-0.25, -0.2) is 4.39 Å². The fourth-order valence-electron chi connectivity index (χ4n) is 2.27. The molecule has 1 amide bonds. The van der Waals surface area contributed by atoms with Crippen molar-refractivity contribution in [2.24, 2.45) is 0 Å². The van der Waals surface area contributed by atoms with Gasteiger partial charge < -0.3 is 10.4 Å². The third-order valence-corrected chi connectivity index (χ3v) is 3.37. The van der Waals surface area contributed by atoms with E-state index in [1.54, 1.807) is 11.9 Å². The first-order chi connectivity index (χ1) is 10.6. The van der Waals surface area contributed by atoms with Gasteiger partial charge in [-0.15, -0.1) is 0 Å². The van der Waals surface area contributed by atoms with Crippen LogP contribution in [0.4, 0.5) is 10.1 Å². The lowest BCUT2D eigenvalue weighted by atomic mass is 10.0. The molecule has 0 spiro atoms. The third-order valence-electron chi connectivity index (χ3n) is 3.37. The predicted octanol–water partition coefficient (Wildman–Crippen LogP) is 2.43. The van der Waals surface area contributed by atoms with Crippen molar-refractivity contribution in [1.29, 1.82) is 0 Å². The highest BCUT2D eigenvalue weighted by atomic mass is 19.1. The van der Waals surface area contributed by atoms with Crippen LogP contribution in [0, 0.1) is 5.82 Å². The van der Waals surface area contributed by atoms with Crippen LogP contribution in [0.3, 0.4) is 0 Å². The van der Waals surface area contributed by atoms with Crippen molar-refractivity contribution in [2.75, 3.05) is 25.5 Å². The third kappa shape index (κ3) is 4.13. The molecule has 0 radical (unpaired) electrons. The van der Waals surface area contributed by atoms with Crippen LogP contribution in [-0.4, -0.2) is 36.1 Å². The van der Waals surface area contributed by atoms with E-state index in [1.807, 2.05) is 30.3 Å². The minimum atomic E-state index is -0.529. The number of nitrogens with zero attached hydrogens (tertiary/aromatic N) is 1. The van der Waals surface area contributed by atoms with Crippen LogP contribution in [0.15, 0.2) is 54.6 Å². The largest absolute Gasteiger partial charge is 0.395 e. The Morgan fingerprint density at radius 3 is 2.41 bits per heavy atom. The number of amides is 1. The van der Waals surface area contributed by atoms with Crippen molar-refractivity contribution in [3.05, 3.63) is 66.0 Å². The molecule has 116 valence electrons. The van der Waals surface area contributed by atoms with E-state index in [0.29, 0.717) is 12.2 Å². The number of hydrogen-bond donors (Lipinski definition) is 2. The molecule has 5 heteroatoms. The molecule has 0 heterocycles. The number of carbonyl (C=O) groups excluding carboxylic acids is 1. The molecule has 0 saturated heterocycles. The van der Waals surface area contributed by atoms with Gasteiger partial charge in [-0.05, 0) is 36.9 Å². The maximum absolute atomic E-state index is 12.9. The monoisotopic (exact) mass is 302 g/mol. The van der Waals surface area contributed by atoms with E-state index in [2.05, 4.69) is 5.32 Å². The summed E-state index contributed by atoms with van der Waals surface area (Å²) in [5.74, 6) is -0.580. The molecule has 4 nitrogen and oxygen atoms in total. The summed E-state index contributed by atoms with van der Waals surface area (Å²) in [5, 5.41) is 11.9. The van der Waals surface area contributed by atoms with Crippen molar-refractivity contribution in [3.8, 4) is 0 Å². The Balaban J connectivity index is 2.20. The Morgan fingerprint density at radius 2 is 1.82 bits per heavy atom. The number of halogens is 1. The fourth-order valence-corrected chi connectivity index (χ4v) is 2.27. The van der Waals surface area contributed by atoms with E-state index >= 15 is 0 Å². The summed E-state index contributed by atoms with van der Waals surface area (Å²) in [7, 11) is 1.78. The van der Waals surface area contributed by atoms with Crippen LogP contribution in [0.5, 0.6) is 0 Å². The zero-order valence-corrected chi connectivity index (χ0v) is 12.4. The maximum atomic E-state index is 12.9. The first-order valence-corrected chi connectivity index (χ1v) is 7.04. The van der Waals surface area contributed by atoms with Gasteiger partial charge in [0.15, 0.2) is 0 Å². The molecule has 0 fully saturated rings. The molecule has 2 aromatic rings. The number of likely N-dealkylation sites (N-methyl/N-ethyl adjacent to an activating group) is 1. The Kier molecular flexibility index (Phi) is 5.63. The summed E-state index contributed by atoms with van der Waals surface area (Å²) < 4.78 is 12.9. The molecular formula is C17H19FN2O2. The number of nitrogens with one attached hydrogen (secondary N) is 1. The molecule has 0 unspecified atom stereocenters. The number of aliphatic hydroxyl groups excluding tert-OH is 1. The minimum absolute atomic E-state index is 0.0380. The predicted molar refractivity (Wildman–Crippen MR) is 83.9 cm³/mol. The molecule has 2 aromatic carbocycles. The number of carbonyl (C=O) groups is 1. The van der Waals surface area contributed by atoms with Gasteiger partial charge in [0.2, 0.25) is 5.91 Å². The van der Waals surface area contributed by atoms with Crippen LogP contribution in [0.25, 0.3) is 0 Å². The highest BCUT2D eigenvalue weighted by Crippen LogP contribution is 2.21. The molecular weight excluding hydrogens is 283 g/mol. The van der Waals surface area contributed by atoms with Crippen LogP contribution >= 0.6 is 0 Å². The van der Waals surface area contributed by atoms with E-state index in [9.17, 15) is 9.18 Å². The summed E-state index contributed by atoms with van der Waals surface area (Å²) in [6, 6.07) is 14.4. The molecule has 1 atom stereocenters. The normalized spacial score (nSPS) is 12.2. The van der Waals surface area contributed by atoms with Crippen molar-refractivity contribution >= 4 is 11.6 Å². The molecule has 0 aliphatic carbocycles. The first kappa shape index (κ1) is 16.1. The summed E-state index contributed by atoms with van der Waals surface area (Å²) in [6.07, 6.45) is 0. The molecule has 0 saturated carbocycles. The van der Waals surface area contributed by atoms with Gasteiger partial charge in [0, 0.05) is 12.2 Å². The molecule has 0 aliphatic rings. The van der Waals surface area contributed by atoms with Crippen molar-refractivity contribution in [3.63, 3.8) is 0 Å². The van der Waals surface area contributed by atoms with Gasteiger partial charge in [-0.3, -0.25) is 9.69 Å². The zero-order chi connectivity index (χ0) is 15.9. The van der Waals surface area contributed by atoms with Gasteiger partial charge in [-0.1, -0.05) is 30.3 Å². The van der Waals surface area contributed by atoms with E-state index in [0.717, 1.165) is 5.56 Å². The van der Waals surface area contributed by atoms with Gasteiger partial charge in [0.05, 0.1) is 6.61 Å². The summed E-state index contributed by atoms with van der Waals surface area (Å²) >= 11 is 0. The van der Waals surface area contributed by atoms with Crippen LogP contribution in [0.2, 0.25) is 0 Å².